The quantitative estimate of drug-likeness (QED) is 0.771. The zero-order valence-electron chi connectivity index (χ0n) is 7.27. The Morgan fingerprint density at radius 3 is 2.67 bits per heavy atom. The minimum Gasteiger partial charge on any atom is -0.424 e. The number of hydrogen-bond donors (Lipinski definition) is 2. The number of nitrogen functional groups attached to an aromatic ring is 1. The van der Waals surface area contributed by atoms with Gasteiger partial charge < -0.3 is 10.2 Å². The second kappa shape index (κ2) is 3.09. The summed E-state index contributed by atoms with van der Waals surface area (Å²) in [7, 11) is -3.88. The summed E-state index contributed by atoms with van der Waals surface area (Å²) >= 11 is 5.72. The number of nitrogens with zero attached hydrogens (tertiary/aromatic N) is 1. The normalized spacial score (nSPS) is 12.1. The molecule has 1 heterocycles. The van der Waals surface area contributed by atoms with Crippen molar-refractivity contribution in [1.29, 1.82) is 0 Å². The molecule has 0 bridgehead atoms. The molecular weight excluding hydrogens is 242 g/mol. The van der Waals surface area contributed by atoms with Crippen molar-refractivity contribution in [1.82, 2.24) is 4.98 Å². The van der Waals surface area contributed by atoms with E-state index in [1.165, 1.54) is 12.1 Å². The fraction of sp³-hybridized carbons (Fsp3) is 0. The van der Waals surface area contributed by atoms with E-state index in [-0.39, 0.29) is 21.5 Å². The molecule has 0 aliphatic rings. The standard InChI is InChI=1S/C7H6ClN3O3S/c8-3-1-4-5(14-7(9)11-4)2-6(3)15(10,12)13/h1-2H,(H2,9,11)(H2,10,12,13). The average Bonchev–Trinajstić information content (AvgIpc) is 2.40. The molecule has 15 heavy (non-hydrogen) atoms. The molecule has 0 spiro atoms. The van der Waals surface area contributed by atoms with Gasteiger partial charge in [0, 0.05) is 6.07 Å². The maximum Gasteiger partial charge on any atom is 0.292 e. The van der Waals surface area contributed by atoms with Crippen molar-refractivity contribution in [3.8, 4) is 0 Å². The van der Waals surface area contributed by atoms with Crippen LogP contribution < -0.4 is 10.9 Å². The summed E-state index contributed by atoms with van der Waals surface area (Å²) in [6.45, 7) is 0. The van der Waals surface area contributed by atoms with Crippen LogP contribution in [-0.4, -0.2) is 13.4 Å². The molecule has 8 heteroatoms. The van der Waals surface area contributed by atoms with Gasteiger partial charge in [0.1, 0.15) is 10.4 Å². The first-order valence-corrected chi connectivity index (χ1v) is 5.69. The Morgan fingerprint density at radius 2 is 2.07 bits per heavy atom. The van der Waals surface area contributed by atoms with Crippen LogP contribution in [0.1, 0.15) is 0 Å². The highest BCUT2D eigenvalue weighted by Crippen LogP contribution is 2.27. The molecule has 1 aromatic heterocycles. The number of anilines is 1. The smallest absolute Gasteiger partial charge is 0.292 e. The number of rotatable bonds is 1. The van der Waals surface area contributed by atoms with E-state index in [4.69, 9.17) is 26.9 Å². The van der Waals surface area contributed by atoms with Gasteiger partial charge in [0.15, 0.2) is 5.58 Å². The average molecular weight is 248 g/mol. The van der Waals surface area contributed by atoms with Gasteiger partial charge in [-0.05, 0) is 6.07 Å². The summed E-state index contributed by atoms with van der Waals surface area (Å²) in [4.78, 5) is 3.57. The Kier molecular flexibility index (Phi) is 2.10. The molecule has 4 N–H and O–H groups in total. The van der Waals surface area contributed by atoms with E-state index in [0.29, 0.717) is 5.52 Å². The lowest BCUT2D eigenvalue weighted by Crippen LogP contribution is -2.12. The number of sulfonamides is 1. The molecule has 0 radical (unpaired) electrons. The number of halogens is 1. The lowest BCUT2D eigenvalue weighted by atomic mass is 10.3. The van der Waals surface area contributed by atoms with Crippen molar-refractivity contribution in [3.05, 3.63) is 17.2 Å². The van der Waals surface area contributed by atoms with Crippen LogP contribution in [-0.2, 0) is 10.0 Å². The minimum absolute atomic E-state index is 0.0155. The third kappa shape index (κ3) is 1.76. The number of nitrogens with two attached hydrogens (primary N) is 2. The monoisotopic (exact) mass is 247 g/mol. The van der Waals surface area contributed by atoms with E-state index < -0.39 is 10.0 Å². The van der Waals surface area contributed by atoms with Crippen LogP contribution in [0.25, 0.3) is 11.1 Å². The van der Waals surface area contributed by atoms with Crippen LogP contribution in [0.2, 0.25) is 5.02 Å². The van der Waals surface area contributed by atoms with Crippen LogP contribution in [0.4, 0.5) is 6.01 Å². The number of benzene rings is 1. The van der Waals surface area contributed by atoms with Crippen LogP contribution in [0.15, 0.2) is 21.4 Å². The predicted octanol–water partition coefficient (Wildman–Crippen LogP) is 0.711. The molecule has 0 saturated heterocycles. The van der Waals surface area contributed by atoms with Crippen molar-refractivity contribution in [2.24, 2.45) is 5.14 Å². The molecule has 6 nitrogen and oxygen atoms in total. The Bertz CT molecular complexity index is 634. The summed E-state index contributed by atoms with van der Waals surface area (Å²) in [5.74, 6) is 0. The first-order chi connectivity index (χ1) is 6.88. The topological polar surface area (TPSA) is 112 Å². The number of fused-ring (bicyclic) bond motifs is 1. The van der Waals surface area contributed by atoms with E-state index in [9.17, 15) is 8.42 Å². The molecule has 0 aliphatic carbocycles. The summed E-state index contributed by atoms with van der Waals surface area (Å²) in [5, 5.41) is 4.93. The molecular formula is C7H6ClN3O3S. The van der Waals surface area contributed by atoms with Gasteiger partial charge in [0.25, 0.3) is 6.01 Å². The van der Waals surface area contributed by atoms with E-state index in [2.05, 4.69) is 4.98 Å². The predicted molar refractivity (Wildman–Crippen MR) is 54.8 cm³/mol. The Hall–Kier alpha value is -1.31. The largest absolute Gasteiger partial charge is 0.424 e. The van der Waals surface area contributed by atoms with Gasteiger partial charge in [-0.25, -0.2) is 13.6 Å². The summed E-state index contributed by atoms with van der Waals surface area (Å²) in [6.07, 6.45) is 0. The van der Waals surface area contributed by atoms with Crippen LogP contribution >= 0.6 is 11.6 Å². The van der Waals surface area contributed by atoms with Gasteiger partial charge in [-0.1, -0.05) is 11.6 Å². The van der Waals surface area contributed by atoms with Gasteiger partial charge in [-0.2, -0.15) is 4.98 Å². The van der Waals surface area contributed by atoms with E-state index in [1.54, 1.807) is 0 Å². The minimum atomic E-state index is -3.88. The van der Waals surface area contributed by atoms with Crippen LogP contribution in [0.5, 0.6) is 0 Å². The lowest BCUT2D eigenvalue weighted by molar-refractivity contribution is 0.596. The van der Waals surface area contributed by atoms with Crippen molar-refractivity contribution in [3.63, 3.8) is 0 Å². The van der Waals surface area contributed by atoms with Crippen molar-refractivity contribution in [2.45, 2.75) is 4.90 Å². The Labute approximate surface area is 89.9 Å². The van der Waals surface area contributed by atoms with E-state index >= 15 is 0 Å². The molecule has 0 fully saturated rings. The van der Waals surface area contributed by atoms with Gasteiger partial charge in [0.05, 0.1) is 5.02 Å². The Morgan fingerprint density at radius 1 is 1.40 bits per heavy atom. The van der Waals surface area contributed by atoms with Gasteiger partial charge in [-0.15, -0.1) is 0 Å². The molecule has 2 rings (SSSR count). The molecule has 80 valence electrons. The Balaban J connectivity index is 2.83. The fourth-order valence-corrected chi connectivity index (χ4v) is 2.25. The highest BCUT2D eigenvalue weighted by atomic mass is 35.5. The number of aromatic nitrogens is 1. The zero-order valence-corrected chi connectivity index (χ0v) is 8.84. The van der Waals surface area contributed by atoms with Crippen molar-refractivity contribution in [2.75, 3.05) is 5.73 Å². The number of hydrogen-bond acceptors (Lipinski definition) is 5. The molecule has 0 saturated carbocycles. The van der Waals surface area contributed by atoms with Gasteiger partial charge in [0.2, 0.25) is 10.0 Å². The van der Waals surface area contributed by atoms with Crippen molar-refractivity contribution < 1.29 is 12.8 Å². The molecule has 0 unspecified atom stereocenters. The van der Waals surface area contributed by atoms with E-state index in [0.717, 1.165) is 0 Å². The summed E-state index contributed by atoms with van der Waals surface area (Å²) in [6, 6.07) is 2.46. The molecule has 0 atom stereocenters. The van der Waals surface area contributed by atoms with Crippen LogP contribution in [0.3, 0.4) is 0 Å². The summed E-state index contributed by atoms with van der Waals surface area (Å²) in [5.41, 5.74) is 5.90. The third-order valence-corrected chi connectivity index (χ3v) is 3.14. The lowest BCUT2D eigenvalue weighted by Gasteiger charge is -1.99. The fourth-order valence-electron chi connectivity index (χ4n) is 1.17. The highest BCUT2D eigenvalue weighted by molar-refractivity contribution is 7.89. The van der Waals surface area contributed by atoms with Gasteiger partial charge >= 0.3 is 0 Å². The van der Waals surface area contributed by atoms with Crippen molar-refractivity contribution >= 4 is 38.7 Å². The van der Waals surface area contributed by atoms with Gasteiger partial charge in [-0.3, -0.25) is 0 Å². The maximum atomic E-state index is 11.1. The third-order valence-electron chi connectivity index (χ3n) is 1.77. The first kappa shape index (κ1) is 10.2. The number of primary sulfonamides is 1. The van der Waals surface area contributed by atoms with Crippen LogP contribution in [0, 0.1) is 0 Å². The molecule has 1 aromatic carbocycles. The van der Waals surface area contributed by atoms with E-state index in [1.807, 2.05) is 0 Å². The summed E-state index contributed by atoms with van der Waals surface area (Å²) < 4.78 is 27.2. The second-order valence-electron chi connectivity index (χ2n) is 2.85. The second-order valence-corrected chi connectivity index (χ2v) is 4.78. The first-order valence-electron chi connectivity index (χ1n) is 3.76. The number of oxazole rings is 1. The maximum absolute atomic E-state index is 11.1. The zero-order chi connectivity index (χ0) is 11.2. The molecule has 0 aliphatic heterocycles. The molecule has 0 amide bonds. The SMILES string of the molecule is Nc1nc2cc(Cl)c(S(N)(=O)=O)cc2o1. The highest BCUT2D eigenvalue weighted by Gasteiger charge is 2.16. The molecule has 2 aromatic rings.